The summed E-state index contributed by atoms with van der Waals surface area (Å²) in [6, 6.07) is 8.84. The van der Waals surface area contributed by atoms with Crippen LogP contribution in [0.2, 0.25) is 0 Å². The Labute approximate surface area is 115 Å². The van der Waals surface area contributed by atoms with Crippen LogP contribution in [0.4, 0.5) is 5.69 Å². The molecule has 0 saturated carbocycles. The number of nitrogens with two attached hydrogens (primary N) is 1. The molecule has 6 heteroatoms. The number of methoxy groups -OCH3 is 1. The molecule has 0 fully saturated rings. The summed E-state index contributed by atoms with van der Waals surface area (Å²) >= 11 is 0. The first-order chi connectivity index (χ1) is 9.61. The SMILES string of the molecule is COC(=O)CCNC(=O)c1ccc2cccc(N)c2n1. The highest BCUT2D eigenvalue weighted by atomic mass is 16.5. The normalized spacial score (nSPS) is 10.2. The number of nitrogens with zero attached hydrogens (tertiary/aromatic N) is 1. The Kier molecular flexibility index (Phi) is 4.14. The molecular formula is C14H15N3O3. The number of nitrogens with one attached hydrogen (secondary N) is 1. The van der Waals surface area contributed by atoms with E-state index in [4.69, 9.17) is 5.73 Å². The van der Waals surface area contributed by atoms with Crippen molar-refractivity contribution in [2.75, 3.05) is 19.4 Å². The lowest BCUT2D eigenvalue weighted by Gasteiger charge is -2.06. The second-order valence-electron chi connectivity index (χ2n) is 4.20. The molecule has 0 aliphatic heterocycles. The van der Waals surface area contributed by atoms with Gasteiger partial charge in [-0.2, -0.15) is 0 Å². The third-order valence-electron chi connectivity index (χ3n) is 2.83. The molecule has 1 heterocycles. The molecule has 1 amide bonds. The van der Waals surface area contributed by atoms with Gasteiger partial charge in [0.25, 0.3) is 5.91 Å². The fourth-order valence-electron chi connectivity index (χ4n) is 1.77. The molecule has 0 saturated heterocycles. The first-order valence-corrected chi connectivity index (χ1v) is 6.12. The summed E-state index contributed by atoms with van der Waals surface area (Å²) in [5.41, 5.74) is 7.20. The van der Waals surface area contributed by atoms with Crippen LogP contribution in [0.15, 0.2) is 30.3 Å². The summed E-state index contributed by atoms with van der Waals surface area (Å²) in [6.07, 6.45) is 0.123. The van der Waals surface area contributed by atoms with Crippen LogP contribution in [0.25, 0.3) is 10.9 Å². The zero-order valence-corrected chi connectivity index (χ0v) is 11.1. The van der Waals surface area contributed by atoms with Crippen LogP contribution in [0.1, 0.15) is 16.9 Å². The van der Waals surface area contributed by atoms with Gasteiger partial charge in [0.15, 0.2) is 0 Å². The van der Waals surface area contributed by atoms with Crippen molar-refractivity contribution in [3.05, 3.63) is 36.0 Å². The minimum absolute atomic E-state index is 0.123. The Morgan fingerprint density at radius 2 is 2.10 bits per heavy atom. The van der Waals surface area contributed by atoms with Crippen LogP contribution in [0.5, 0.6) is 0 Å². The van der Waals surface area contributed by atoms with Crippen LogP contribution in [0, 0.1) is 0 Å². The first kappa shape index (κ1) is 13.8. The van der Waals surface area contributed by atoms with Gasteiger partial charge in [-0.3, -0.25) is 9.59 Å². The first-order valence-electron chi connectivity index (χ1n) is 6.12. The highest BCUT2D eigenvalue weighted by molar-refractivity contribution is 5.97. The molecule has 104 valence electrons. The highest BCUT2D eigenvalue weighted by Gasteiger charge is 2.09. The molecule has 1 aromatic carbocycles. The van der Waals surface area contributed by atoms with E-state index in [1.807, 2.05) is 12.1 Å². The largest absolute Gasteiger partial charge is 0.469 e. The van der Waals surface area contributed by atoms with Gasteiger partial charge < -0.3 is 15.8 Å². The molecule has 20 heavy (non-hydrogen) atoms. The van der Waals surface area contributed by atoms with Crippen LogP contribution >= 0.6 is 0 Å². The number of amides is 1. The molecule has 0 bridgehead atoms. The quantitative estimate of drug-likeness (QED) is 0.643. The van der Waals surface area contributed by atoms with Crippen molar-refractivity contribution in [2.45, 2.75) is 6.42 Å². The number of para-hydroxylation sites is 1. The zero-order chi connectivity index (χ0) is 14.5. The molecule has 0 unspecified atom stereocenters. The van der Waals surface area contributed by atoms with Gasteiger partial charge in [-0.25, -0.2) is 4.98 Å². The number of carbonyl (C=O) groups excluding carboxylic acids is 2. The number of esters is 1. The highest BCUT2D eigenvalue weighted by Crippen LogP contribution is 2.18. The van der Waals surface area contributed by atoms with Gasteiger partial charge in [-0.05, 0) is 12.1 Å². The molecule has 0 atom stereocenters. The Hall–Kier alpha value is -2.63. The van der Waals surface area contributed by atoms with E-state index in [1.165, 1.54) is 7.11 Å². The summed E-state index contributed by atoms with van der Waals surface area (Å²) in [6.45, 7) is 0.204. The Balaban J connectivity index is 2.10. The van der Waals surface area contributed by atoms with Gasteiger partial charge in [-0.1, -0.05) is 18.2 Å². The molecule has 0 aliphatic rings. The minimum atomic E-state index is -0.374. The summed E-state index contributed by atoms with van der Waals surface area (Å²) < 4.78 is 4.49. The van der Waals surface area contributed by atoms with Crippen molar-refractivity contribution in [3.8, 4) is 0 Å². The van der Waals surface area contributed by atoms with E-state index < -0.39 is 0 Å². The number of ether oxygens (including phenoxy) is 1. The summed E-state index contributed by atoms with van der Waals surface area (Å²) in [7, 11) is 1.30. The van der Waals surface area contributed by atoms with Gasteiger partial charge in [0.05, 0.1) is 24.7 Å². The van der Waals surface area contributed by atoms with Crippen LogP contribution in [-0.4, -0.2) is 30.5 Å². The van der Waals surface area contributed by atoms with Gasteiger partial charge >= 0.3 is 5.97 Å². The van der Waals surface area contributed by atoms with Crippen LogP contribution in [0.3, 0.4) is 0 Å². The van der Waals surface area contributed by atoms with E-state index in [2.05, 4.69) is 15.0 Å². The van der Waals surface area contributed by atoms with Crippen molar-refractivity contribution in [1.29, 1.82) is 0 Å². The molecule has 2 rings (SSSR count). The number of fused-ring (bicyclic) bond motifs is 1. The Morgan fingerprint density at radius 3 is 2.85 bits per heavy atom. The fraction of sp³-hybridized carbons (Fsp3) is 0.214. The zero-order valence-electron chi connectivity index (χ0n) is 11.1. The van der Waals surface area contributed by atoms with Gasteiger partial charge in [0.2, 0.25) is 0 Å². The van der Waals surface area contributed by atoms with Crippen molar-refractivity contribution in [3.63, 3.8) is 0 Å². The van der Waals surface area contributed by atoms with Gasteiger partial charge in [-0.15, -0.1) is 0 Å². The number of pyridine rings is 1. The van der Waals surface area contributed by atoms with E-state index in [0.29, 0.717) is 11.2 Å². The smallest absolute Gasteiger partial charge is 0.307 e. The van der Waals surface area contributed by atoms with E-state index in [-0.39, 0.29) is 30.5 Å². The molecule has 6 nitrogen and oxygen atoms in total. The second-order valence-corrected chi connectivity index (χ2v) is 4.20. The molecule has 0 spiro atoms. The third kappa shape index (κ3) is 3.03. The molecular weight excluding hydrogens is 258 g/mol. The number of nitrogen functional groups attached to an aromatic ring is 1. The molecule has 3 N–H and O–H groups in total. The van der Waals surface area contributed by atoms with Gasteiger partial charge in [0, 0.05) is 11.9 Å². The average molecular weight is 273 g/mol. The van der Waals surface area contributed by atoms with Gasteiger partial charge in [0.1, 0.15) is 5.69 Å². The second kappa shape index (κ2) is 6.01. The maximum atomic E-state index is 11.9. The predicted molar refractivity (Wildman–Crippen MR) is 75.1 cm³/mol. The fourth-order valence-corrected chi connectivity index (χ4v) is 1.77. The number of hydrogen-bond donors (Lipinski definition) is 2. The maximum Gasteiger partial charge on any atom is 0.307 e. The third-order valence-corrected chi connectivity index (χ3v) is 2.83. The summed E-state index contributed by atoms with van der Waals surface area (Å²) in [5, 5.41) is 3.48. The lowest BCUT2D eigenvalue weighted by molar-refractivity contribution is -0.140. The lowest BCUT2D eigenvalue weighted by atomic mass is 10.1. The predicted octanol–water partition coefficient (Wildman–Crippen LogP) is 1.11. The van der Waals surface area contributed by atoms with Crippen molar-refractivity contribution in [2.24, 2.45) is 0 Å². The average Bonchev–Trinajstić information content (AvgIpc) is 2.47. The number of benzene rings is 1. The van der Waals surface area contributed by atoms with E-state index in [9.17, 15) is 9.59 Å². The number of rotatable bonds is 4. The number of aromatic nitrogens is 1. The lowest BCUT2D eigenvalue weighted by Crippen LogP contribution is -2.27. The summed E-state index contributed by atoms with van der Waals surface area (Å²) in [4.78, 5) is 27.1. The van der Waals surface area contributed by atoms with E-state index in [0.717, 1.165) is 5.39 Å². The van der Waals surface area contributed by atoms with Crippen LogP contribution < -0.4 is 11.1 Å². The Morgan fingerprint density at radius 1 is 1.30 bits per heavy atom. The molecule has 0 aliphatic carbocycles. The van der Waals surface area contributed by atoms with Crippen molar-refractivity contribution in [1.82, 2.24) is 10.3 Å². The van der Waals surface area contributed by atoms with Crippen LogP contribution in [-0.2, 0) is 9.53 Å². The minimum Gasteiger partial charge on any atom is -0.469 e. The van der Waals surface area contributed by atoms with Crippen molar-refractivity contribution >= 4 is 28.5 Å². The number of hydrogen-bond acceptors (Lipinski definition) is 5. The topological polar surface area (TPSA) is 94.3 Å². The Bertz CT molecular complexity index is 655. The van der Waals surface area contributed by atoms with E-state index >= 15 is 0 Å². The number of carbonyl (C=O) groups is 2. The van der Waals surface area contributed by atoms with E-state index in [1.54, 1.807) is 18.2 Å². The maximum absolute atomic E-state index is 11.9. The summed E-state index contributed by atoms with van der Waals surface area (Å²) in [5.74, 6) is -0.722. The van der Waals surface area contributed by atoms with Crippen molar-refractivity contribution < 1.29 is 14.3 Å². The molecule has 0 radical (unpaired) electrons. The molecule has 2 aromatic rings. The monoisotopic (exact) mass is 273 g/mol. The molecule has 1 aromatic heterocycles. The standard InChI is InChI=1S/C14H15N3O3/c1-20-12(18)7-8-16-14(19)11-6-5-9-3-2-4-10(15)13(9)17-11/h2-6H,7-8,15H2,1H3,(H,16,19). The number of anilines is 1.